The number of allylic oxidation sites excluding steroid dienone is 1. The predicted octanol–water partition coefficient (Wildman–Crippen LogP) is 3.92. The summed E-state index contributed by atoms with van der Waals surface area (Å²) in [4.78, 5) is 8.04. The minimum absolute atomic E-state index is 0.0176. The average Bonchev–Trinajstić information content (AvgIpc) is 2.48. The third-order valence-corrected chi connectivity index (χ3v) is 3.51. The Morgan fingerprint density at radius 3 is 2.65 bits per heavy atom. The topological polar surface area (TPSA) is 60.5 Å². The zero-order valence-corrected chi connectivity index (χ0v) is 13.2. The number of aromatic nitrogens is 1. The van der Waals surface area contributed by atoms with E-state index >= 15 is 0 Å². The van der Waals surface area contributed by atoms with Crippen molar-refractivity contribution in [3.05, 3.63) is 29.2 Å². The predicted molar refractivity (Wildman–Crippen MR) is 83.0 cm³/mol. The number of halogens is 3. The molecule has 1 aliphatic carbocycles. The summed E-state index contributed by atoms with van der Waals surface area (Å²) in [5.74, 6) is -1.04. The van der Waals surface area contributed by atoms with Crippen molar-refractivity contribution in [2.75, 3.05) is 0 Å². The Labute approximate surface area is 133 Å². The van der Waals surface area contributed by atoms with Gasteiger partial charge in [0, 0.05) is 29.1 Å². The van der Waals surface area contributed by atoms with Gasteiger partial charge in [-0.25, -0.2) is 9.37 Å². The average molecular weight is 327 g/mol. The number of aliphatic imine (C=N–C) groups is 1. The Kier molecular flexibility index (Phi) is 5.63. The van der Waals surface area contributed by atoms with Crippen LogP contribution in [0, 0.1) is 5.82 Å². The maximum atomic E-state index is 14.0. The van der Waals surface area contributed by atoms with E-state index in [-0.39, 0.29) is 23.2 Å². The number of ether oxygens (including phenoxy) is 1. The molecule has 1 aromatic heterocycles. The molecule has 0 radical (unpaired) electrons. The highest BCUT2D eigenvalue weighted by Crippen LogP contribution is 2.29. The first-order chi connectivity index (χ1) is 10.9. The molecule has 0 unspecified atom stereocenters. The molecule has 23 heavy (non-hydrogen) atoms. The standard InChI is InChI=1S/C16H20F3N3O/c1-9(2)22-13-6-4-3-5-10(13)15(20)11-7-14(23-16(18)19)21-8-12(11)17/h7-9,16H,3-6,20H2,1-2H3/b15-10-,22-13?. The van der Waals surface area contributed by atoms with Crippen molar-refractivity contribution < 1.29 is 17.9 Å². The molecular formula is C16H20F3N3O. The second-order valence-corrected chi connectivity index (χ2v) is 5.65. The highest BCUT2D eigenvalue weighted by Gasteiger charge is 2.20. The summed E-state index contributed by atoms with van der Waals surface area (Å²) in [5.41, 5.74) is 7.99. The summed E-state index contributed by atoms with van der Waals surface area (Å²) in [6.07, 6.45) is 4.23. The van der Waals surface area contributed by atoms with Crippen molar-refractivity contribution >= 4 is 11.4 Å². The van der Waals surface area contributed by atoms with E-state index in [1.807, 2.05) is 13.8 Å². The molecular weight excluding hydrogens is 307 g/mol. The van der Waals surface area contributed by atoms with Crippen LogP contribution >= 0.6 is 0 Å². The SMILES string of the molecule is CC(C)N=C1CCCC/C1=C(/N)c1cc(OC(F)F)ncc1F. The molecule has 0 saturated heterocycles. The van der Waals surface area contributed by atoms with Gasteiger partial charge in [0.1, 0.15) is 0 Å². The van der Waals surface area contributed by atoms with Gasteiger partial charge in [0.15, 0.2) is 5.82 Å². The van der Waals surface area contributed by atoms with E-state index in [4.69, 9.17) is 5.73 Å². The van der Waals surface area contributed by atoms with Crippen molar-refractivity contribution in [2.45, 2.75) is 52.2 Å². The maximum absolute atomic E-state index is 14.0. The van der Waals surface area contributed by atoms with Crippen molar-refractivity contribution in [1.82, 2.24) is 4.98 Å². The van der Waals surface area contributed by atoms with E-state index < -0.39 is 12.4 Å². The van der Waals surface area contributed by atoms with Crippen LogP contribution < -0.4 is 10.5 Å². The Hall–Kier alpha value is -2.05. The smallest absolute Gasteiger partial charge is 0.388 e. The normalized spacial score (nSPS) is 19.5. The molecule has 2 rings (SSSR count). The van der Waals surface area contributed by atoms with Gasteiger partial charge in [0.05, 0.1) is 6.20 Å². The quantitative estimate of drug-likeness (QED) is 0.912. The molecule has 0 aliphatic heterocycles. The number of hydrogen-bond donors (Lipinski definition) is 1. The second kappa shape index (κ2) is 7.48. The van der Waals surface area contributed by atoms with E-state index in [1.54, 1.807) is 0 Å². The van der Waals surface area contributed by atoms with Gasteiger partial charge in [-0.3, -0.25) is 4.99 Å². The summed E-state index contributed by atoms with van der Waals surface area (Å²) in [6.45, 7) is 0.885. The Morgan fingerprint density at radius 1 is 1.30 bits per heavy atom. The van der Waals surface area contributed by atoms with Gasteiger partial charge >= 0.3 is 6.61 Å². The van der Waals surface area contributed by atoms with Crippen LogP contribution in [-0.2, 0) is 0 Å². The number of nitrogens with zero attached hydrogens (tertiary/aromatic N) is 2. The fourth-order valence-corrected chi connectivity index (χ4v) is 2.58. The molecule has 1 aliphatic rings. The largest absolute Gasteiger partial charge is 0.417 e. The fraction of sp³-hybridized carbons (Fsp3) is 0.500. The molecule has 0 bridgehead atoms. The van der Waals surface area contributed by atoms with Crippen LogP contribution in [-0.4, -0.2) is 23.3 Å². The molecule has 0 spiro atoms. The number of hydrogen-bond acceptors (Lipinski definition) is 4. The van der Waals surface area contributed by atoms with Crippen LogP contribution in [0.1, 0.15) is 45.1 Å². The lowest BCUT2D eigenvalue weighted by Gasteiger charge is -2.21. The number of nitrogens with two attached hydrogens (primary N) is 1. The van der Waals surface area contributed by atoms with Crippen molar-refractivity contribution in [3.8, 4) is 5.88 Å². The highest BCUT2D eigenvalue weighted by atomic mass is 19.3. The minimum atomic E-state index is -3.03. The van der Waals surface area contributed by atoms with Crippen LogP contribution in [0.4, 0.5) is 13.2 Å². The van der Waals surface area contributed by atoms with Gasteiger partial charge in [-0.2, -0.15) is 8.78 Å². The van der Waals surface area contributed by atoms with Crippen LogP contribution in [0.5, 0.6) is 5.88 Å². The molecule has 0 aromatic carbocycles. The molecule has 1 saturated carbocycles. The van der Waals surface area contributed by atoms with E-state index in [0.717, 1.165) is 42.8 Å². The van der Waals surface area contributed by atoms with Gasteiger partial charge in [0.2, 0.25) is 5.88 Å². The first-order valence-corrected chi connectivity index (χ1v) is 7.55. The molecule has 0 atom stereocenters. The zero-order valence-electron chi connectivity index (χ0n) is 13.2. The lowest BCUT2D eigenvalue weighted by Crippen LogP contribution is -2.17. The number of rotatable bonds is 4. The Bertz CT molecular complexity index is 627. The molecule has 1 fully saturated rings. The van der Waals surface area contributed by atoms with E-state index in [2.05, 4.69) is 14.7 Å². The minimum Gasteiger partial charge on any atom is -0.417 e. The van der Waals surface area contributed by atoms with Crippen LogP contribution in [0.2, 0.25) is 0 Å². The number of alkyl halides is 2. The Balaban J connectivity index is 2.45. The first kappa shape index (κ1) is 17.3. The maximum Gasteiger partial charge on any atom is 0.388 e. The van der Waals surface area contributed by atoms with Crippen molar-refractivity contribution in [3.63, 3.8) is 0 Å². The first-order valence-electron chi connectivity index (χ1n) is 7.55. The van der Waals surface area contributed by atoms with Gasteiger partial charge in [-0.1, -0.05) is 0 Å². The summed E-state index contributed by atoms with van der Waals surface area (Å²) in [5, 5.41) is 0. The zero-order chi connectivity index (χ0) is 17.0. The second-order valence-electron chi connectivity index (χ2n) is 5.65. The fourth-order valence-electron chi connectivity index (χ4n) is 2.58. The van der Waals surface area contributed by atoms with Crippen LogP contribution in [0.25, 0.3) is 5.70 Å². The summed E-state index contributed by atoms with van der Waals surface area (Å²) in [6, 6.07) is 1.21. The van der Waals surface area contributed by atoms with E-state index in [1.165, 1.54) is 0 Å². The van der Waals surface area contributed by atoms with Crippen LogP contribution in [0.15, 0.2) is 22.8 Å². The summed E-state index contributed by atoms with van der Waals surface area (Å²) >= 11 is 0. The van der Waals surface area contributed by atoms with Crippen LogP contribution in [0.3, 0.4) is 0 Å². The van der Waals surface area contributed by atoms with Gasteiger partial charge < -0.3 is 10.5 Å². The number of pyridine rings is 1. The van der Waals surface area contributed by atoms with Gasteiger partial charge in [-0.15, -0.1) is 0 Å². The highest BCUT2D eigenvalue weighted by molar-refractivity contribution is 6.06. The van der Waals surface area contributed by atoms with E-state index in [9.17, 15) is 13.2 Å². The molecule has 1 heterocycles. The third kappa shape index (κ3) is 4.46. The molecule has 2 N–H and O–H groups in total. The monoisotopic (exact) mass is 327 g/mol. The Morgan fingerprint density at radius 2 is 2.00 bits per heavy atom. The van der Waals surface area contributed by atoms with E-state index in [0.29, 0.717) is 6.42 Å². The third-order valence-electron chi connectivity index (χ3n) is 3.51. The molecule has 1 aromatic rings. The lowest BCUT2D eigenvalue weighted by molar-refractivity contribution is -0.0529. The molecule has 0 amide bonds. The van der Waals surface area contributed by atoms with Crippen molar-refractivity contribution in [2.24, 2.45) is 10.7 Å². The summed E-state index contributed by atoms with van der Waals surface area (Å²) in [7, 11) is 0. The molecule has 4 nitrogen and oxygen atoms in total. The van der Waals surface area contributed by atoms with Gasteiger partial charge in [0.25, 0.3) is 0 Å². The lowest BCUT2D eigenvalue weighted by atomic mass is 9.89. The molecule has 7 heteroatoms. The summed E-state index contributed by atoms with van der Waals surface area (Å²) < 4.78 is 42.9. The molecule has 126 valence electrons. The van der Waals surface area contributed by atoms with Gasteiger partial charge in [-0.05, 0) is 45.1 Å². The van der Waals surface area contributed by atoms with Crippen molar-refractivity contribution in [1.29, 1.82) is 0 Å².